The summed E-state index contributed by atoms with van der Waals surface area (Å²) in [6.45, 7) is 4.41. The molecule has 0 aromatic rings. The van der Waals surface area contributed by atoms with Crippen molar-refractivity contribution < 1.29 is 34.1 Å². The van der Waals surface area contributed by atoms with E-state index in [1.54, 1.807) is 0 Å². The molecule has 9 heteroatoms. The van der Waals surface area contributed by atoms with Crippen LogP contribution in [-0.2, 0) is 23.9 Å². The Morgan fingerprint density at radius 2 is 1.10 bits per heavy atom. The van der Waals surface area contributed by atoms with Crippen LogP contribution in [0, 0.1) is 0 Å². The maximum atomic E-state index is 12.5. The molecule has 0 aromatic carbocycles. The molecule has 0 saturated carbocycles. The number of carboxylic acids is 2. The van der Waals surface area contributed by atoms with Crippen LogP contribution in [0.1, 0.15) is 155 Å². The average Bonchev–Trinajstić information content (AvgIpc) is 2.88. The Hall–Kier alpha value is -2.16. The topological polar surface area (TPSA) is 142 Å². The molecule has 0 fully saturated rings. The highest BCUT2D eigenvalue weighted by atomic mass is 16.5. The largest absolute Gasteiger partial charge is 0.481 e. The molecular formula is C30H56N2O7. The van der Waals surface area contributed by atoms with E-state index >= 15 is 0 Å². The number of hydrogen-bond donors (Lipinski definition) is 4. The van der Waals surface area contributed by atoms with Gasteiger partial charge in [-0.2, -0.15) is 0 Å². The quantitative estimate of drug-likeness (QED) is 0.0475. The van der Waals surface area contributed by atoms with E-state index in [4.69, 9.17) is 14.9 Å². The zero-order valence-corrected chi connectivity index (χ0v) is 24.6. The highest BCUT2D eigenvalue weighted by Crippen LogP contribution is 2.16. The van der Waals surface area contributed by atoms with Crippen LogP contribution in [0.4, 0.5) is 0 Å². The second kappa shape index (κ2) is 26.1. The molecule has 2 atom stereocenters. The van der Waals surface area contributed by atoms with E-state index in [9.17, 15) is 19.2 Å². The van der Waals surface area contributed by atoms with Gasteiger partial charge in [0.2, 0.25) is 5.91 Å². The number of hydrogen-bond acceptors (Lipinski definition) is 6. The first kappa shape index (κ1) is 36.8. The Morgan fingerprint density at radius 3 is 1.56 bits per heavy atom. The first-order valence-corrected chi connectivity index (χ1v) is 15.5. The van der Waals surface area contributed by atoms with Crippen LogP contribution >= 0.6 is 0 Å². The lowest BCUT2D eigenvalue weighted by Crippen LogP contribution is -2.49. The normalized spacial score (nSPS) is 12.6. The monoisotopic (exact) mass is 556 g/mol. The fourth-order valence-electron chi connectivity index (χ4n) is 4.51. The lowest BCUT2D eigenvalue weighted by atomic mass is 10.0. The number of ether oxygens (including phenoxy) is 1. The van der Waals surface area contributed by atoms with Crippen molar-refractivity contribution in [3.8, 4) is 0 Å². The van der Waals surface area contributed by atoms with Gasteiger partial charge in [0.25, 0.3) is 0 Å². The van der Waals surface area contributed by atoms with E-state index in [1.165, 1.54) is 77.0 Å². The Labute approximate surface area is 236 Å². The van der Waals surface area contributed by atoms with Crippen LogP contribution in [0.2, 0.25) is 0 Å². The van der Waals surface area contributed by atoms with Gasteiger partial charge in [-0.25, -0.2) is 5.43 Å². The third kappa shape index (κ3) is 24.6. The molecule has 0 aromatic heterocycles. The van der Waals surface area contributed by atoms with Crippen molar-refractivity contribution in [2.75, 3.05) is 0 Å². The summed E-state index contributed by atoms with van der Waals surface area (Å²) in [5, 5.41) is 18.0. The number of esters is 1. The summed E-state index contributed by atoms with van der Waals surface area (Å²) in [6, 6.07) is -1.45. The Balaban J connectivity index is 4.50. The number of nitrogens with one attached hydrogen (secondary N) is 2. The zero-order chi connectivity index (χ0) is 29.1. The number of rotatable bonds is 28. The summed E-state index contributed by atoms with van der Waals surface area (Å²) in [6.07, 6.45) is 20.3. The van der Waals surface area contributed by atoms with Gasteiger partial charge in [-0.1, -0.05) is 117 Å². The molecule has 0 heterocycles. The van der Waals surface area contributed by atoms with Crippen LogP contribution in [0.15, 0.2) is 0 Å². The van der Waals surface area contributed by atoms with Crippen molar-refractivity contribution in [1.82, 2.24) is 10.9 Å². The molecular weight excluding hydrogens is 500 g/mol. The standard InChI is InChI=1S/C30H56N2O7/c1-3-5-7-9-11-13-15-17-19-21-25(23-27(33)32-31-26(30(37)38)24-28(34)35)39-29(36)22-20-18-16-14-12-10-8-6-4-2/h25-26,31H,3-24H2,1-2H3,(H,32,33)(H,34,35)(H,37,38). The minimum atomic E-state index is -1.45. The Kier molecular flexibility index (Phi) is 24.6. The smallest absolute Gasteiger partial charge is 0.323 e. The number of carboxylic acid groups (broad SMARTS) is 2. The van der Waals surface area contributed by atoms with Gasteiger partial charge in [0.05, 0.1) is 12.8 Å². The minimum Gasteiger partial charge on any atom is -0.481 e. The van der Waals surface area contributed by atoms with E-state index in [2.05, 4.69) is 24.7 Å². The summed E-state index contributed by atoms with van der Waals surface area (Å²) >= 11 is 0. The molecule has 0 rings (SSSR count). The Bertz CT molecular complexity index is 657. The van der Waals surface area contributed by atoms with Gasteiger partial charge < -0.3 is 14.9 Å². The summed E-state index contributed by atoms with van der Waals surface area (Å²) in [5.74, 6) is -3.52. The predicted molar refractivity (Wildman–Crippen MR) is 153 cm³/mol. The third-order valence-corrected chi connectivity index (χ3v) is 6.89. The van der Waals surface area contributed by atoms with Gasteiger partial charge in [-0.3, -0.25) is 24.6 Å². The van der Waals surface area contributed by atoms with Crippen LogP contribution < -0.4 is 10.9 Å². The van der Waals surface area contributed by atoms with Crippen molar-refractivity contribution in [3.05, 3.63) is 0 Å². The fraction of sp³-hybridized carbons (Fsp3) is 0.867. The van der Waals surface area contributed by atoms with Gasteiger partial charge in [0, 0.05) is 6.42 Å². The molecule has 9 nitrogen and oxygen atoms in total. The number of unbranched alkanes of at least 4 members (excludes halogenated alkanes) is 16. The predicted octanol–water partition coefficient (Wildman–Crippen LogP) is 6.68. The summed E-state index contributed by atoms with van der Waals surface area (Å²) in [5.41, 5.74) is 4.53. The maximum Gasteiger partial charge on any atom is 0.323 e. The molecule has 2 unspecified atom stereocenters. The second-order valence-electron chi connectivity index (χ2n) is 10.7. The highest BCUT2D eigenvalue weighted by Gasteiger charge is 2.23. The van der Waals surface area contributed by atoms with Gasteiger partial charge >= 0.3 is 17.9 Å². The molecule has 0 saturated heterocycles. The van der Waals surface area contributed by atoms with Gasteiger partial charge in [-0.15, -0.1) is 0 Å². The SMILES string of the molecule is CCCCCCCCCCCC(=O)OC(CCCCCCCCCCC)CC(=O)NNC(CC(=O)O)C(=O)O. The van der Waals surface area contributed by atoms with Gasteiger partial charge in [0.1, 0.15) is 12.1 Å². The van der Waals surface area contributed by atoms with Crippen molar-refractivity contribution in [2.45, 2.75) is 167 Å². The van der Waals surface area contributed by atoms with E-state index < -0.39 is 36.4 Å². The molecule has 0 radical (unpaired) electrons. The van der Waals surface area contributed by atoms with Gasteiger partial charge in [-0.05, 0) is 19.3 Å². The van der Waals surface area contributed by atoms with Crippen LogP contribution in [0.5, 0.6) is 0 Å². The molecule has 39 heavy (non-hydrogen) atoms. The van der Waals surface area contributed by atoms with Crippen molar-refractivity contribution in [3.63, 3.8) is 0 Å². The molecule has 0 spiro atoms. The first-order valence-electron chi connectivity index (χ1n) is 15.5. The lowest BCUT2D eigenvalue weighted by Gasteiger charge is -2.19. The van der Waals surface area contributed by atoms with Crippen molar-refractivity contribution in [1.29, 1.82) is 0 Å². The van der Waals surface area contributed by atoms with E-state index in [0.717, 1.165) is 38.5 Å². The first-order chi connectivity index (χ1) is 18.8. The molecule has 0 aliphatic rings. The van der Waals surface area contributed by atoms with E-state index in [-0.39, 0.29) is 12.4 Å². The van der Waals surface area contributed by atoms with E-state index in [0.29, 0.717) is 12.8 Å². The summed E-state index contributed by atoms with van der Waals surface area (Å²) in [7, 11) is 0. The van der Waals surface area contributed by atoms with Crippen LogP contribution in [-0.4, -0.2) is 46.2 Å². The zero-order valence-electron chi connectivity index (χ0n) is 24.6. The number of carbonyl (C=O) groups excluding carboxylic acids is 2. The molecule has 1 amide bonds. The Morgan fingerprint density at radius 1 is 0.641 bits per heavy atom. The minimum absolute atomic E-state index is 0.104. The molecule has 0 aliphatic heterocycles. The van der Waals surface area contributed by atoms with Crippen LogP contribution in [0.3, 0.4) is 0 Å². The number of hydrazine groups is 1. The second-order valence-corrected chi connectivity index (χ2v) is 10.7. The number of aliphatic carboxylic acids is 2. The van der Waals surface area contributed by atoms with Gasteiger partial charge in [0.15, 0.2) is 0 Å². The highest BCUT2D eigenvalue weighted by molar-refractivity contribution is 5.82. The number of carbonyl (C=O) groups is 4. The third-order valence-electron chi connectivity index (χ3n) is 6.89. The molecule has 228 valence electrons. The summed E-state index contributed by atoms with van der Waals surface area (Å²) in [4.78, 5) is 46.9. The molecule has 4 N–H and O–H groups in total. The fourth-order valence-corrected chi connectivity index (χ4v) is 4.51. The average molecular weight is 557 g/mol. The molecule has 0 aliphatic carbocycles. The molecule has 0 bridgehead atoms. The number of amides is 1. The van der Waals surface area contributed by atoms with Crippen molar-refractivity contribution >= 4 is 23.8 Å². The van der Waals surface area contributed by atoms with Crippen LogP contribution in [0.25, 0.3) is 0 Å². The van der Waals surface area contributed by atoms with Crippen molar-refractivity contribution in [2.24, 2.45) is 0 Å². The summed E-state index contributed by atoms with van der Waals surface area (Å²) < 4.78 is 5.65. The van der Waals surface area contributed by atoms with E-state index in [1.807, 2.05) is 0 Å². The maximum absolute atomic E-state index is 12.5. The lowest BCUT2D eigenvalue weighted by molar-refractivity contribution is -0.151.